The van der Waals surface area contributed by atoms with Gasteiger partial charge in [0.1, 0.15) is 10.7 Å². The lowest BCUT2D eigenvalue weighted by molar-refractivity contribution is 0.837. The van der Waals surface area contributed by atoms with Gasteiger partial charge in [0, 0.05) is 27.2 Å². The maximum Gasteiger partial charge on any atom is 0.260 e. The van der Waals surface area contributed by atoms with E-state index in [1.54, 1.807) is 15.9 Å². The zero-order chi connectivity index (χ0) is 20.1. The number of rotatable bonds is 4. The van der Waals surface area contributed by atoms with Gasteiger partial charge in [-0.3, -0.25) is 4.79 Å². The van der Waals surface area contributed by atoms with E-state index in [-0.39, 0.29) is 10.8 Å². The van der Waals surface area contributed by atoms with Crippen LogP contribution < -0.4 is 5.56 Å². The molecule has 0 amide bonds. The van der Waals surface area contributed by atoms with Crippen molar-refractivity contribution < 1.29 is 0 Å². The Morgan fingerprint density at radius 3 is 2.86 bits per heavy atom. The zero-order valence-electron chi connectivity index (χ0n) is 15.8. The van der Waals surface area contributed by atoms with Gasteiger partial charge < -0.3 is 4.98 Å². The second-order valence-corrected chi connectivity index (χ2v) is 9.78. The first-order valence-electron chi connectivity index (χ1n) is 8.92. The Bertz CT molecular complexity index is 1400. The lowest BCUT2D eigenvalue weighted by Gasteiger charge is -2.07. The average Bonchev–Trinajstić information content (AvgIpc) is 3.39. The summed E-state index contributed by atoms with van der Waals surface area (Å²) < 4.78 is 1.73. The van der Waals surface area contributed by atoms with Crippen molar-refractivity contribution in [3.05, 3.63) is 56.5 Å². The van der Waals surface area contributed by atoms with E-state index in [1.165, 1.54) is 23.1 Å². The van der Waals surface area contributed by atoms with Crippen LogP contribution in [-0.4, -0.2) is 29.5 Å². The van der Waals surface area contributed by atoms with Gasteiger partial charge in [0.25, 0.3) is 11.3 Å². The number of aromatic amines is 1. The quantitative estimate of drug-likeness (QED) is 0.410. The van der Waals surface area contributed by atoms with E-state index in [0.29, 0.717) is 22.1 Å². The summed E-state index contributed by atoms with van der Waals surface area (Å²) in [4.78, 5) is 31.2. The second kappa shape index (κ2) is 7.05. The Morgan fingerprint density at radius 1 is 1.21 bits per heavy atom. The standard InChI is InChI=1S/C19H16N6OS3/c1-9-7-10(2)25-18(20-9)23-19(24-25)29-11(3)15-21-16(26)14-12(8-28-17(14)22-15)13-5-4-6-27-13/h4-8,11H,1-3H3,(H,21,22,26). The molecule has 0 spiro atoms. The number of fused-ring (bicyclic) bond motifs is 2. The number of hydrogen-bond acceptors (Lipinski definition) is 8. The third kappa shape index (κ3) is 3.26. The highest BCUT2D eigenvalue weighted by Gasteiger charge is 2.19. The molecule has 0 radical (unpaired) electrons. The van der Waals surface area contributed by atoms with Crippen molar-refractivity contribution >= 4 is 50.4 Å². The molecule has 146 valence electrons. The highest BCUT2D eigenvalue weighted by molar-refractivity contribution is 7.99. The van der Waals surface area contributed by atoms with E-state index in [9.17, 15) is 4.79 Å². The first-order valence-corrected chi connectivity index (χ1v) is 11.6. The molecular formula is C19H16N6OS3. The lowest BCUT2D eigenvalue weighted by Crippen LogP contribution is -2.12. The van der Waals surface area contributed by atoms with Crippen molar-refractivity contribution in [2.24, 2.45) is 0 Å². The fourth-order valence-electron chi connectivity index (χ4n) is 3.18. The summed E-state index contributed by atoms with van der Waals surface area (Å²) in [7, 11) is 0. The monoisotopic (exact) mass is 440 g/mol. The SMILES string of the molecule is Cc1cc(C)n2nc(SC(C)c3nc4scc(-c5cccs5)c4c(=O)[nH]3)nc2n1. The number of thiophene rings is 2. The fourth-order valence-corrected chi connectivity index (χ4v) is 5.76. The predicted molar refractivity (Wildman–Crippen MR) is 118 cm³/mol. The van der Waals surface area contributed by atoms with Crippen molar-refractivity contribution in [2.45, 2.75) is 31.2 Å². The minimum atomic E-state index is -0.113. The molecule has 0 bridgehead atoms. The minimum absolute atomic E-state index is 0.113. The Morgan fingerprint density at radius 2 is 2.07 bits per heavy atom. The molecule has 29 heavy (non-hydrogen) atoms. The van der Waals surface area contributed by atoms with Crippen LogP contribution >= 0.6 is 34.4 Å². The van der Waals surface area contributed by atoms with E-state index in [1.807, 2.05) is 49.7 Å². The second-order valence-electron chi connectivity index (χ2n) is 6.66. The van der Waals surface area contributed by atoms with Crippen molar-refractivity contribution in [3.8, 4) is 10.4 Å². The number of aryl methyl sites for hydroxylation is 2. The summed E-state index contributed by atoms with van der Waals surface area (Å²) in [5.74, 6) is 1.19. The summed E-state index contributed by atoms with van der Waals surface area (Å²) in [6.45, 7) is 5.90. The molecule has 0 aliphatic heterocycles. The fraction of sp³-hybridized carbons (Fsp3) is 0.211. The number of nitrogens with zero attached hydrogens (tertiary/aromatic N) is 5. The van der Waals surface area contributed by atoms with E-state index in [4.69, 9.17) is 4.98 Å². The number of nitrogens with one attached hydrogen (secondary N) is 1. The lowest BCUT2D eigenvalue weighted by atomic mass is 10.2. The van der Waals surface area contributed by atoms with Crippen LogP contribution in [0.2, 0.25) is 0 Å². The molecule has 0 saturated carbocycles. The van der Waals surface area contributed by atoms with Crippen LogP contribution in [0.3, 0.4) is 0 Å². The van der Waals surface area contributed by atoms with Crippen molar-refractivity contribution in [3.63, 3.8) is 0 Å². The topological polar surface area (TPSA) is 88.8 Å². The maximum atomic E-state index is 12.8. The van der Waals surface area contributed by atoms with Gasteiger partial charge in [0.15, 0.2) is 0 Å². The summed E-state index contributed by atoms with van der Waals surface area (Å²) >= 11 is 4.56. The van der Waals surface area contributed by atoms with Gasteiger partial charge in [-0.15, -0.1) is 27.8 Å². The molecule has 5 rings (SSSR count). The zero-order valence-corrected chi connectivity index (χ0v) is 18.3. The van der Waals surface area contributed by atoms with Crippen molar-refractivity contribution in [2.75, 3.05) is 0 Å². The molecule has 0 aliphatic carbocycles. The van der Waals surface area contributed by atoms with Gasteiger partial charge in [0.05, 0.1) is 10.6 Å². The third-order valence-electron chi connectivity index (χ3n) is 4.52. The molecule has 5 aromatic heterocycles. The van der Waals surface area contributed by atoms with Crippen LogP contribution in [0.25, 0.3) is 26.4 Å². The molecule has 5 aromatic rings. The van der Waals surface area contributed by atoms with Crippen molar-refractivity contribution in [1.82, 2.24) is 29.5 Å². The molecule has 5 heterocycles. The number of hydrogen-bond donors (Lipinski definition) is 1. The number of aromatic nitrogens is 6. The summed E-state index contributed by atoms with van der Waals surface area (Å²) in [6, 6.07) is 5.97. The molecule has 0 saturated heterocycles. The Labute approximate surface area is 177 Å². The highest BCUT2D eigenvalue weighted by atomic mass is 32.2. The molecule has 1 N–H and O–H groups in total. The normalized spacial score (nSPS) is 12.8. The summed E-state index contributed by atoms with van der Waals surface area (Å²) in [6.07, 6.45) is 0. The van der Waals surface area contributed by atoms with E-state index < -0.39 is 0 Å². The number of H-pyrrole nitrogens is 1. The Balaban J connectivity index is 1.49. The van der Waals surface area contributed by atoms with Crippen LogP contribution in [0.5, 0.6) is 0 Å². The summed E-state index contributed by atoms with van der Waals surface area (Å²) in [5.41, 5.74) is 2.72. The highest BCUT2D eigenvalue weighted by Crippen LogP contribution is 2.36. The van der Waals surface area contributed by atoms with Gasteiger partial charge in [0.2, 0.25) is 5.16 Å². The van der Waals surface area contributed by atoms with Gasteiger partial charge >= 0.3 is 0 Å². The smallest absolute Gasteiger partial charge is 0.260 e. The maximum absolute atomic E-state index is 12.8. The van der Waals surface area contributed by atoms with Crippen LogP contribution in [0.4, 0.5) is 0 Å². The molecule has 1 atom stereocenters. The van der Waals surface area contributed by atoms with E-state index >= 15 is 0 Å². The molecule has 0 fully saturated rings. The van der Waals surface area contributed by atoms with Crippen molar-refractivity contribution in [1.29, 1.82) is 0 Å². The minimum Gasteiger partial charge on any atom is -0.309 e. The molecule has 1 unspecified atom stereocenters. The van der Waals surface area contributed by atoms with Gasteiger partial charge in [-0.25, -0.2) is 14.5 Å². The largest absolute Gasteiger partial charge is 0.309 e. The molecule has 0 aliphatic rings. The van der Waals surface area contributed by atoms with Gasteiger partial charge in [-0.2, -0.15) is 4.98 Å². The summed E-state index contributed by atoms with van der Waals surface area (Å²) in [5, 5.41) is 9.68. The molecule has 7 nitrogen and oxygen atoms in total. The molecular weight excluding hydrogens is 424 g/mol. The first kappa shape index (κ1) is 18.5. The predicted octanol–water partition coefficient (Wildman–Crippen LogP) is 4.62. The van der Waals surface area contributed by atoms with Crippen LogP contribution in [-0.2, 0) is 0 Å². The number of thioether (sulfide) groups is 1. The molecule has 0 aromatic carbocycles. The van der Waals surface area contributed by atoms with Crippen LogP contribution in [0.15, 0.2) is 38.9 Å². The third-order valence-corrected chi connectivity index (χ3v) is 7.25. The van der Waals surface area contributed by atoms with Gasteiger partial charge in [-0.1, -0.05) is 17.8 Å². The molecule has 10 heteroatoms. The average molecular weight is 441 g/mol. The van der Waals surface area contributed by atoms with E-state index in [2.05, 4.69) is 20.1 Å². The van der Waals surface area contributed by atoms with Gasteiger partial charge in [-0.05, 0) is 38.3 Å². The van der Waals surface area contributed by atoms with Crippen LogP contribution in [0, 0.1) is 13.8 Å². The Hall–Kier alpha value is -2.56. The first-order chi connectivity index (χ1) is 14.0. The van der Waals surface area contributed by atoms with Crippen LogP contribution in [0.1, 0.15) is 29.4 Å². The Kier molecular flexibility index (Phi) is 4.49. The van der Waals surface area contributed by atoms with E-state index in [0.717, 1.165) is 26.7 Å².